The standard InChI is InChI=1S/C11H14O4/c1-8(15-7-12)9-4-10(13-2)6-11(5-9)14-3/h4-8H,1-3H3. The molecular weight excluding hydrogens is 196 g/mol. The van der Waals surface area contributed by atoms with Gasteiger partial charge in [-0.3, -0.25) is 4.79 Å². The van der Waals surface area contributed by atoms with Gasteiger partial charge in [0.2, 0.25) is 0 Å². The molecule has 0 radical (unpaired) electrons. The van der Waals surface area contributed by atoms with Gasteiger partial charge in [0.05, 0.1) is 14.2 Å². The lowest BCUT2D eigenvalue weighted by atomic mass is 10.1. The highest BCUT2D eigenvalue weighted by molar-refractivity contribution is 5.42. The van der Waals surface area contributed by atoms with Crippen LogP contribution in [0.25, 0.3) is 0 Å². The van der Waals surface area contributed by atoms with Gasteiger partial charge in [0, 0.05) is 6.07 Å². The molecule has 1 aromatic carbocycles. The number of carbonyl (C=O) groups excluding carboxylic acids is 1. The summed E-state index contributed by atoms with van der Waals surface area (Å²) in [6, 6.07) is 5.37. The van der Waals surface area contributed by atoms with E-state index in [1.54, 1.807) is 39.3 Å². The smallest absolute Gasteiger partial charge is 0.293 e. The number of hydrogen-bond acceptors (Lipinski definition) is 4. The van der Waals surface area contributed by atoms with Crippen LogP contribution < -0.4 is 9.47 Å². The van der Waals surface area contributed by atoms with E-state index < -0.39 is 0 Å². The fraction of sp³-hybridized carbons (Fsp3) is 0.364. The molecule has 0 bridgehead atoms. The Bertz CT molecular complexity index is 313. The molecule has 1 atom stereocenters. The molecule has 4 heteroatoms. The lowest BCUT2D eigenvalue weighted by molar-refractivity contribution is -0.133. The number of rotatable bonds is 5. The molecule has 0 aliphatic heterocycles. The summed E-state index contributed by atoms with van der Waals surface area (Å²) in [5, 5.41) is 0. The quantitative estimate of drug-likeness (QED) is 0.697. The predicted octanol–water partition coefficient (Wildman–Crippen LogP) is 1.94. The van der Waals surface area contributed by atoms with Gasteiger partial charge < -0.3 is 14.2 Å². The highest BCUT2D eigenvalue weighted by Crippen LogP contribution is 2.27. The van der Waals surface area contributed by atoms with E-state index in [2.05, 4.69) is 0 Å². The normalized spacial score (nSPS) is 11.7. The summed E-state index contributed by atoms with van der Waals surface area (Å²) in [6.45, 7) is 2.21. The Morgan fingerprint density at radius 2 is 1.67 bits per heavy atom. The minimum Gasteiger partial charge on any atom is -0.497 e. The van der Waals surface area contributed by atoms with Crippen LogP contribution in [-0.2, 0) is 9.53 Å². The Morgan fingerprint density at radius 3 is 2.07 bits per heavy atom. The third-order valence-electron chi connectivity index (χ3n) is 2.10. The van der Waals surface area contributed by atoms with E-state index in [0.29, 0.717) is 18.0 Å². The lowest BCUT2D eigenvalue weighted by Crippen LogP contribution is -1.99. The van der Waals surface area contributed by atoms with E-state index in [9.17, 15) is 4.79 Å². The molecule has 1 aromatic rings. The van der Waals surface area contributed by atoms with Crippen molar-refractivity contribution in [3.63, 3.8) is 0 Å². The molecule has 0 saturated heterocycles. The number of methoxy groups -OCH3 is 2. The van der Waals surface area contributed by atoms with Crippen LogP contribution in [0.2, 0.25) is 0 Å². The van der Waals surface area contributed by atoms with Gasteiger partial charge in [-0.15, -0.1) is 0 Å². The third-order valence-corrected chi connectivity index (χ3v) is 2.10. The van der Waals surface area contributed by atoms with Gasteiger partial charge in [-0.25, -0.2) is 0 Å². The highest BCUT2D eigenvalue weighted by Gasteiger charge is 2.09. The Kier molecular flexibility index (Phi) is 3.97. The van der Waals surface area contributed by atoms with Crippen LogP contribution >= 0.6 is 0 Å². The van der Waals surface area contributed by atoms with Gasteiger partial charge in [0.15, 0.2) is 0 Å². The van der Waals surface area contributed by atoms with E-state index in [1.807, 2.05) is 0 Å². The van der Waals surface area contributed by atoms with E-state index in [1.165, 1.54) is 0 Å². The van der Waals surface area contributed by atoms with Gasteiger partial charge in [0.25, 0.3) is 6.47 Å². The molecule has 0 aromatic heterocycles. The third kappa shape index (κ3) is 2.87. The number of benzene rings is 1. The van der Waals surface area contributed by atoms with Crippen molar-refractivity contribution in [2.24, 2.45) is 0 Å². The van der Waals surface area contributed by atoms with Crippen molar-refractivity contribution in [2.75, 3.05) is 14.2 Å². The summed E-state index contributed by atoms with van der Waals surface area (Å²) in [4.78, 5) is 10.2. The average Bonchev–Trinajstić information content (AvgIpc) is 2.28. The molecule has 0 aliphatic carbocycles. The number of hydrogen-bond donors (Lipinski definition) is 0. The molecule has 4 nitrogen and oxygen atoms in total. The van der Waals surface area contributed by atoms with Gasteiger partial charge in [-0.05, 0) is 24.6 Å². The van der Waals surface area contributed by atoms with Gasteiger partial charge >= 0.3 is 0 Å². The largest absolute Gasteiger partial charge is 0.497 e. The number of carbonyl (C=O) groups is 1. The summed E-state index contributed by atoms with van der Waals surface area (Å²) >= 11 is 0. The van der Waals surface area contributed by atoms with Crippen LogP contribution in [0, 0.1) is 0 Å². The summed E-state index contributed by atoms with van der Waals surface area (Å²) in [5.74, 6) is 1.34. The molecule has 1 unspecified atom stereocenters. The van der Waals surface area contributed by atoms with Crippen molar-refractivity contribution in [3.8, 4) is 11.5 Å². The summed E-state index contributed by atoms with van der Waals surface area (Å²) in [6.07, 6.45) is -0.313. The molecular formula is C11H14O4. The SMILES string of the molecule is COc1cc(OC)cc(C(C)OC=O)c1. The summed E-state index contributed by atoms with van der Waals surface area (Å²) in [7, 11) is 3.15. The first-order valence-electron chi connectivity index (χ1n) is 4.53. The van der Waals surface area contributed by atoms with E-state index in [4.69, 9.17) is 14.2 Å². The Hall–Kier alpha value is -1.71. The Balaban J connectivity index is 3.00. The first kappa shape index (κ1) is 11.4. The van der Waals surface area contributed by atoms with Crippen LogP contribution in [0.5, 0.6) is 11.5 Å². The molecule has 0 fully saturated rings. The second kappa shape index (κ2) is 5.24. The van der Waals surface area contributed by atoms with Crippen LogP contribution in [0.15, 0.2) is 18.2 Å². The van der Waals surface area contributed by atoms with Gasteiger partial charge in [-0.2, -0.15) is 0 Å². The fourth-order valence-electron chi connectivity index (χ4n) is 1.23. The highest BCUT2D eigenvalue weighted by atomic mass is 16.5. The van der Waals surface area contributed by atoms with Crippen molar-refractivity contribution in [2.45, 2.75) is 13.0 Å². The van der Waals surface area contributed by atoms with Gasteiger partial charge in [-0.1, -0.05) is 0 Å². The molecule has 82 valence electrons. The first-order chi connectivity index (χ1) is 7.21. The van der Waals surface area contributed by atoms with Crippen molar-refractivity contribution >= 4 is 6.47 Å². The molecule has 15 heavy (non-hydrogen) atoms. The Morgan fingerprint density at radius 1 is 1.13 bits per heavy atom. The van der Waals surface area contributed by atoms with Crippen molar-refractivity contribution in [1.82, 2.24) is 0 Å². The fourth-order valence-corrected chi connectivity index (χ4v) is 1.23. The van der Waals surface area contributed by atoms with Crippen LogP contribution in [0.1, 0.15) is 18.6 Å². The topological polar surface area (TPSA) is 44.8 Å². The summed E-state index contributed by atoms with van der Waals surface area (Å²) in [5.41, 5.74) is 0.832. The maximum atomic E-state index is 10.2. The molecule has 0 heterocycles. The summed E-state index contributed by atoms with van der Waals surface area (Å²) < 4.78 is 15.0. The molecule has 0 aliphatic rings. The van der Waals surface area contributed by atoms with Crippen molar-refractivity contribution < 1.29 is 19.0 Å². The average molecular weight is 210 g/mol. The molecule has 0 N–H and O–H groups in total. The second-order valence-electron chi connectivity index (χ2n) is 3.02. The molecule has 0 saturated carbocycles. The molecule has 0 amide bonds. The van der Waals surface area contributed by atoms with Crippen LogP contribution in [-0.4, -0.2) is 20.7 Å². The van der Waals surface area contributed by atoms with Crippen LogP contribution in [0.3, 0.4) is 0 Å². The minimum absolute atomic E-state index is 0.313. The number of ether oxygens (including phenoxy) is 3. The van der Waals surface area contributed by atoms with E-state index in [-0.39, 0.29) is 6.10 Å². The molecule has 1 rings (SSSR count). The maximum absolute atomic E-state index is 10.2. The minimum atomic E-state index is -0.313. The second-order valence-corrected chi connectivity index (χ2v) is 3.02. The first-order valence-corrected chi connectivity index (χ1v) is 4.53. The zero-order valence-electron chi connectivity index (χ0n) is 9.02. The maximum Gasteiger partial charge on any atom is 0.293 e. The van der Waals surface area contributed by atoms with Gasteiger partial charge in [0.1, 0.15) is 17.6 Å². The zero-order valence-corrected chi connectivity index (χ0v) is 9.02. The van der Waals surface area contributed by atoms with E-state index in [0.717, 1.165) is 5.56 Å². The monoisotopic (exact) mass is 210 g/mol. The van der Waals surface area contributed by atoms with Crippen molar-refractivity contribution in [3.05, 3.63) is 23.8 Å². The lowest BCUT2D eigenvalue weighted by Gasteiger charge is -2.12. The van der Waals surface area contributed by atoms with E-state index >= 15 is 0 Å². The van der Waals surface area contributed by atoms with Crippen molar-refractivity contribution in [1.29, 1.82) is 0 Å². The van der Waals surface area contributed by atoms with Crippen LogP contribution in [0.4, 0.5) is 0 Å². The zero-order chi connectivity index (χ0) is 11.3. The molecule has 0 spiro atoms. The Labute approximate surface area is 88.8 Å². The predicted molar refractivity (Wildman–Crippen MR) is 55.1 cm³/mol.